The van der Waals surface area contributed by atoms with Gasteiger partial charge in [0.25, 0.3) is 0 Å². The molecule has 0 radical (unpaired) electrons. The minimum atomic E-state index is -4.94. The first-order valence-electron chi connectivity index (χ1n) is 7.42. The molecule has 0 aliphatic carbocycles. The van der Waals surface area contributed by atoms with E-state index in [0.29, 0.717) is 0 Å². The molecule has 4 rings (SSSR count). The zero-order valence-electron chi connectivity index (χ0n) is 13.0. The summed E-state index contributed by atoms with van der Waals surface area (Å²) in [4.78, 5) is 0. The van der Waals surface area contributed by atoms with Gasteiger partial charge in [-0.25, -0.2) is 18.6 Å². The molecule has 0 spiro atoms. The molecule has 0 fully saturated rings. The van der Waals surface area contributed by atoms with Crippen LogP contribution in [0.5, 0.6) is 0 Å². The van der Waals surface area contributed by atoms with Crippen LogP contribution in [0, 0.1) is 10.2 Å². The van der Waals surface area contributed by atoms with Crippen LogP contribution in [0.2, 0.25) is 0 Å². The number of aromatic nitrogens is 1. The Kier molecular flexibility index (Phi) is 4.94. The predicted octanol–water partition coefficient (Wildman–Crippen LogP) is -0.510. The van der Waals surface area contributed by atoms with Crippen molar-refractivity contribution in [1.29, 1.82) is 0 Å². The number of benzene rings is 2. The van der Waals surface area contributed by atoms with Crippen LogP contribution in [0.4, 0.5) is 0 Å². The van der Waals surface area contributed by atoms with Crippen molar-refractivity contribution in [3.05, 3.63) is 85.2 Å². The van der Waals surface area contributed by atoms with Crippen molar-refractivity contribution in [3.63, 3.8) is 0 Å². The summed E-state index contributed by atoms with van der Waals surface area (Å²) in [5.41, 5.74) is 3.79. The maximum absolute atomic E-state index is 8.49. The Morgan fingerprint density at radius 3 is 2.00 bits per heavy atom. The molecule has 0 N–H and O–H groups in total. The highest BCUT2D eigenvalue weighted by Gasteiger charge is 2.14. The Morgan fingerprint density at radius 1 is 0.680 bits per heavy atom. The molecule has 2 aromatic carbocycles. The maximum atomic E-state index is 8.49. The minimum Gasteiger partial charge on any atom is -0.222 e. The lowest BCUT2D eigenvalue weighted by molar-refractivity contribution is -2.00. The van der Waals surface area contributed by atoms with Crippen LogP contribution in [0.15, 0.2) is 85.2 Å². The van der Waals surface area contributed by atoms with Crippen LogP contribution in [-0.4, -0.2) is 0 Å². The highest BCUT2D eigenvalue weighted by atomic mass is 35.7. The molecule has 0 saturated carbocycles. The zero-order chi connectivity index (χ0) is 17.9. The van der Waals surface area contributed by atoms with Crippen molar-refractivity contribution in [2.75, 3.05) is 0 Å². The first kappa shape index (κ1) is 17.3. The zero-order valence-corrected chi connectivity index (χ0v) is 13.8. The summed E-state index contributed by atoms with van der Waals surface area (Å²) in [5.74, 6) is 0. The number of hydrogen-bond acceptors (Lipinski definition) is 4. The second-order valence-electron chi connectivity index (χ2n) is 5.33. The Balaban J connectivity index is 0.000000324. The third-order valence-electron chi connectivity index (χ3n) is 3.72. The van der Waals surface area contributed by atoms with Gasteiger partial charge in [0.05, 0.1) is 5.56 Å². The molecule has 126 valence electrons. The van der Waals surface area contributed by atoms with E-state index in [1.54, 1.807) is 0 Å². The summed E-state index contributed by atoms with van der Waals surface area (Å²) < 4.78 is 36.2. The fourth-order valence-electron chi connectivity index (χ4n) is 2.81. The number of pyridine rings is 2. The van der Waals surface area contributed by atoms with Gasteiger partial charge in [0.2, 0.25) is 5.52 Å². The van der Waals surface area contributed by atoms with Gasteiger partial charge in [-0.05, 0) is 17.7 Å². The first-order chi connectivity index (χ1) is 11.9. The highest BCUT2D eigenvalue weighted by Crippen LogP contribution is 2.30. The standard InChI is InChI=1S/C19H14N.ClHO4/c1-2-8-15(9-3-1)19-17-11-5-4-10-16(17)14-20-13-7-6-12-18(19)20;2-1(3,4)5/h1-14H;(H,2,3,4,5)/q+1;/p-1. The molecular weight excluding hydrogens is 342 g/mol. The van der Waals surface area contributed by atoms with Crippen molar-refractivity contribution in [2.24, 2.45) is 0 Å². The van der Waals surface area contributed by atoms with Crippen molar-refractivity contribution < 1.29 is 33.3 Å². The van der Waals surface area contributed by atoms with Gasteiger partial charge in [-0.3, -0.25) is 0 Å². The Morgan fingerprint density at radius 2 is 1.28 bits per heavy atom. The van der Waals surface area contributed by atoms with Crippen molar-refractivity contribution in [1.82, 2.24) is 0 Å². The molecule has 0 aliphatic heterocycles. The summed E-state index contributed by atoms with van der Waals surface area (Å²) in [6.07, 6.45) is 4.30. The van der Waals surface area contributed by atoms with Crippen LogP contribution in [0.25, 0.3) is 27.4 Å². The molecular formula is C19H14ClNO4. The van der Waals surface area contributed by atoms with Gasteiger partial charge in [0.1, 0.15) is 0 Å². The molecule has 6 heteroatoms. The Hall–Kier alpha value is -2.54. The Bertz CT molecular complexity index is 940. The molecule has 2 aromatic heterocycles. The number of hydrogen-bond donors (Lipinski definition) is 0. The quantitative estimate of drug-likeness (QED) is 0.339. The van der Waals surface area contributed by atoms with E-state index < -0.39 is 10.2 Å². The van der Waals surface area contributed by atoms with Gasteiger partial charge in [0.15, 0.2) is 12.4 Å². The van der Waals surface area contributed by atoms with E-state index in [1.807, 2.05) is 0 Å². The molecule has 4 aromatic rings. The second kappa shape index (κ2) is 7.14. The van der Waals surface area contributed by atoms with E-state index in [-0.39, 0.29) is 0 Å². The van der Waals surface area contributed by atoms with Gasteiger partial charge < -0.3 is 0 Å². The van der Waals surface area contributed by atoms with Crippen LogP contribution in [0.1, 0.15) is 0 Å². The van der Waals surface area contributed by atoms with Crippen LogP contribution in [0.3, 0.4) is 0 Å². The molecule has 0 atom stereocenters. The summed E-state index contributed by atoms with van der Waals surface area (Å²) in [6, 6.07) is 25.5. The normalized spacial score (nSPS) is 11.2. The predicted molar refractivity (Wildman–Crippen MR) is 82.5 cm³/mol. The number of halogens is 1. The fourth-order valence-corrected chi connectivity index (χ4v) is 2.81. The molecule has 0 unspecified atom stereocenters. The molecule has 25 heavy (non-hydrogen) atoms. The maximum Gasteiger partial charge on any atom is 0.219 e. The summed E-state index contributed by atoms with van der Waals surface area (Å²) >= 11 is 0. The van der Waals surface area contributed by atoms with E-state index in [2.05, 4.69) is 89.6 Å². The van der Waals surface area contributed by atoms with Gasteiger partial charge in [0, 0.05) is 22.9 Å². The molecule has 0 aliphatic rings. The lowest BCUT2D eigenvalue weighted by Crippen LogP contribution is -2.68. The molecule has 0 amide bonds. The monoisotopic (exact) mass is 355 g/mol. The van der Waals surface area contributed by atoms with E-state index in [1.165, 1.54) is 27.4 Å². The average Bonchev–Trinajstić information content (AvgIpc) is 2.59. The fraction of sp³-hybridized carbons (Fsp3) is 0. The molecule has 0 saturated heterocycles. The minimum absolute atomic E-state index is 1.23. The lowest BCUT2D eigenvalue weighted by Gasteiger charge is -2.17. The van der Waals surface area contributed by atoms with Gasteiger partial charge in [-0.1, -0.05) is 48.5 Å². The average molecular weight is 356 g/mol. The topological polar surface area (TPSA) is 96.3 Å². The summed E-state index contributed by atoms with van der Waals surface area (Å²) in [6.45, 7) is 0. The second-order valence-corrected chi connectivity index (χ2v) is 6.08. The highest BCUT2D eigenvalue weighted by molar-refractivity contribution is 6.01. The van der Waals surface area contributed by atoms with Crippen molar-refractivity contribution >= 4 is 16.3 Å². The Labute approximate surface area is 146 Å². The smallest absolute Gasteiger partial charge is 0.219 e. The third-order valence-corrected chi connectivity index (χ3v) is 3.72. The lowest BCUT2D eigenvalue weighted by atomic mass is 9.98. The number of rotatable bonds is 1. The number of nitrogens with zero attached hydrogens (tertiary/aromatic N) is 1. The molecule has 2 heterocycles. The summed E-state index contributed by atoms with van der Waals surface area (Å²) in [7, 11) is -4.94. The van der Waals surface area contributed by atoms with Gasteiger partial charge in [-0.15, -0.1) is 10.2 Å². The van der Waals surface area contributed by atoms with Crippen LogP contribution in [-0.2, 0) is 0 Å². The third kappa shape index (κ3) is 4.30. The van der Waals surface area contributed by atoms with Gasteiger partial charge in [-0.2, -0.15) is 4.40 Å². The SMILES string of the molecule is [O-][Cl+3]([O-])([O-])[O-].c1ccc(-c2c3ccccc3c[n+]3ccccc23)cc1. The van der Waals surface area contributed by atoms with Crippen LogP contribution >= 0.6 is 0 Å². The van der Waals surface area contributed by atoms with E-state index in [4.69, 9.17) is 18.6 Å². The van der Waals surface area contributed by atoms with Gasteiger partial charge >= 0.3 is 0 Å². The number of fused-ring (bicyclic) bond motifs is 2. The van der Waals surface area contributed by atoms with E-state index >= 15 is 0 Å². The largest absolute Gasteiger partial charge is 0.222 e. The molecule has 0 bridgehead atoms. The first-order valence-corrected chi connectivity index (χ1v) is 8.66. The molecule has 5 nitrogen and oxygen atoms in total. The van der Waals surface area contributed by atoms with E-state index in [9.17, 15) is 0 Å². The van der Waals surface area contributed by atoms with Crippen molar-refractivity contribution in [3.8, 4) is 11.1 Å². The van der Waals surface area contributed by atoms with Crippen LogP contribution < -0.4 is 23.0 Å². The summed E-state index contributed by atoms with van der Waals surface area (Å²) in [5, 5.41) is 2.56. The van der Waals surface area contributed by atoms with Crippen molar-refractivity contribution in [2.45, 2.75) is 0 Å². The van der Waals surface area contributed by atoms with E-state index in [0.717, 1.165) is 0 Å².